The fourth-order valence-electron chi connectivity index (χ4n) is 2.19. The van der Waals surface area contributed by atoms with E-state index in [-0.39, 0.29) is 11.9 Å². The lowest BCUT2D eigenvalue weighted by Gasteiger charge is -2.33. The number of nitrogens with zero attached hydrogens (tertiary/aromatic N) is 1. The second kappa shape index (κ2) is 4.94. The van der Waals surface area contributed by atoms with Crippen molar-refractivity contribution in [1.29, 1.82) is 0 Å². The Morgan fingerprint density at radius 3 is 2.87 bits per heavy atom. The molecule has 2 atom stereocenters. The standard InChI is InChI=1S/C11H20N2O2/c1-13(11(14)10-4-5-12-10)7-9-3-2-6-15-8-9/h9-10,12H,2-8H2,1H3/t9?,10-/m1/s1. The van der Waals surface area contributed by atoms with Crippen LogP contribution in [0.15, 0.2) is 0 Å². The van der Waals surface area contributed by atoms with Gasteiger partial charge in [0.05, 0.1) is 12.6 Å². The first-order valence-electron chi connectivity index (χ1n) is 5.83. The van der Waals surface area contributed by atoms with Crippen molar-refractivity contribution in [3.8, 4) is 0 Å². The molecular formula is C11H20N2O2. The lowest BCUT2D eigenvalue weighted by Crippen LogP contribution is -2.54. The Labute approximate surface area is 91.0 Å². The Morgan fingerprint density at radius 2 is 2.33 bits per heavy atom. The van der Waals surface area contributed by atoms with Gasteiger partial charge in [-0.05, 0) is 31.7 Å². The second-order valence-corrected chi connectivity index (χ2v) is 4.60. The average molecular weight is 212 g/mol. The molecule has 2 fully saturated rings. The van der Waals surface area contributed by atoms with Crippen molar-refractivity contribution < 1.29 is 9.53 Å². The Bertz CT molecular complexity index is 223. The van der Waals surface area contributed by atoms with Crippen LogP contribution in [0, 0.1) is 5.92 Å². The number of nitrogens with one attached hydrogen (secondary N) is 1. The molecule has 0 aliphatic carbocycles. The van der Waals surface area contributed by atoms with Gasteiger partial charge in [-0.15, -0.1) is 0 Å². The summed E-state index contributed by atoms with van der Waals surface area (Å²) in [6.07, 6.45) is 3.31. The maximum absolute atomic E-state index is 11.8. The molecule has 15 heavy (non-hydrogen) atoms. The van der Waals surface area contributed by atoms with E-state index in [1.54, 1.807) is 0 Å². The molecule has 0 aromatic heterocycles. The van der Waals surface area contributed by atoms with Crippen LogP contribution in [0.25, 0.3) is 0 Å². The van der Waals surface area contributed by atoms with Crippen LogP contribution < -0.4 is 5.32 Å². The highest BCUT2D eigenvalue weighted by Gasteiger charge is 2.28. The zero-order chi connectivity index (χ0) is 10.7. The van der Waals surface area contributed by atoms with Gasteiger partial charge in [-0.25, -0.2) is 0 Å². The van der Waals surface area contributed by atoms with Crippen molar-refractivity contribution in [2.75, 3.05) is 33.4 Å². The number of amides is 1. The van der Waals surface area contributed by atoms with Gasteiger partial charge < -0.3 is 15.0 Å². The predicted molar refractivity (Wildman–Crippen MR) is 57.6 cm³/mol. The Balaban J connectivity index is 1.74. The number of hydrogen-bond acceptors (Lipinski definition) is 3. The van der Waals surface area contributed by atoms with Gasteiger partial charge in [0, 0.05) is 20.2 Å². The molecule has 0 spiro atoms. The smallest absolute Gasteiger partial charge is 0.239 e. The molecule has 4 nitrogen and oxygen atoms in total. The highest BCUT2D eigenvalue weighted by Crippen LogP contribution is 2.15. The van der Waals surface area contributed by atoms with E-state index in [9.17, 15) is 4.79 Å². The SMILES string of the molecule is CN(CC1CCCOC1)C(=O)[C@H]1CCN1. The maximum Gasteiger partial charge on any atom is 0.239 e. The van der Waals surface area contributed by atoms with E-state index in [1.165, 1.54) is 6.42 Å². The Morgan fingerprint density at radius 1 is 1.53 bits per heavy atom. The monoisotopic (exact) mass is 212 g/mol. The third-order valence-electron chi connectivity index (χ3n) is 3.28. The van der Waals surface area contributed by atoms with Crippen molar-refractivity contribution in [1.82, 2.24) is 10.2 Å². The van der Waals surface area contributed by atoms with E-state index >= 15 is 0 Å². The summed E-state index contributed by atoms with van der Waals surface area (Å²) in [4.78, 5) is 13.7. The van der Waals surface area contributed by atoms with E-state index in [1.807, 2.05) is 11.9 Å². The minimum atomic E-state index is 0.0829. The Kier molecular flexibility index (Phi) is 3.59. The number of carbonyl (C=O) groups excluding carboxylic acids is 1. The minimum Gasteiger partial charge on any atom is -0.381 e. The van der Waals surface area contributed by atoms with E-state index in [4.69, 9.17) is 4.74 Å². The zero-order valence-corrected chi connectivity index (χ0v) is 9.37. The molecule has 2 rings (SSSR count). The molecule has 86 valence electrons. The molecule has 2 aliphatic heterocycles. The van der Waals surface area contributed by atoms with E-state index in [0.29, 0.717) is 5.92 Å². The van der Waals surface area contributed by atoms with Gasteiger partial charge in [0.15, 0.2) is 0 Å². The predicted octanol–water partition coefficient (Wildman–Crippen LogP) is 0.233. The first-order chi connectivity index (χ1) is 7.27. The third-order valence-corrected chi connectivity index (χ3v) is 3.28. The highest BCUT2D eigenvalue weighted by atomic mass is 16.5. The minimum absolute atomic E-state index is 0.0829. The van der Waals surface area contributed by atoms with Crippen LogP contribution in [0.2, 0.25) is 0 Å². The van der Waals surface area contributed by atoms with Crippen LogP contribution in [0.3, 0.4) is 0 Å². The molecule has 0 bridgehead atoms. The van der Waals surface area contributed by atoms with Gasteiger partial charge in [0.1, 0.15) is 0 Å². The molecule has 1 amide bonds. The van der Waals surface area contributed by atoms with Crippen LogP contribution in [-0.2, 0) is 9.53 Å². The summed E-state index contributed by atoms with van der Waals surface area (Å²) < 4.78 is 5.41. The zero-order valence-electron chi connectivity index (χ0n) is 9.37. The fraction of sp³-hybridized carbons (Fsp3) is 0.909. The van der Waals surface area contributed by atoms with E-state index in [2.05, 4.69) is 5.32 Å². The molecule has 1 N–H and O–H groups in total. The van der Waals surface area contributed by atoms with Crippen LogP contribution in [0.1, 0.15) is 19.3 Å². The lowest BCUT2D eigenvalue weighted by molar-refractivity contribution is -0.135. The maximum atomic E-state index is 11.8. The molecule has 1 unspecified atom stereocenters. The summed E-state index contributed by atoms with van der Waals surface area (Å²) in [6, 6.07) is 0.0829. The average Bonchev–Trinajstić information content (AvgIpc) is 2.16. The normalized spacial score (nSPS) is 30.7. The largest absolute Gasteiger partial charge is 0.381 e. The van der Waals surface area contributed by atoms with Gasteiger partial charge in [-0.1, -0.05) is 0 Å². The molecule has 2 saturated heterocycles. The number of carbonyl (C=O) groups is 1. The van der Waals surface area contributed by atoms with Crippen LogP contribution in [-0.4, -0.2) is 50.2 Å². The fourth-order valence-corrected chi connectivity index (χ4v) is 2.19. The van der Waals surface area contributed by atoms with Crippen molar-refractivity contribution in [3.63, 3.8) is 0 Å². The lowest BCUT2D eigenvalue weighted by atomic mass is 10.0. The molecule has 2 heterocycles. The van der Waals surface area contributed by atoms with Gasteiger partial charge >= 0.3 is 0 Å². The van der Waals surface area contributed by atoms with Crippen molar-refractivity contribution in [2.24, 2.45) is 5.92 Å². The summed E-state index contributed by atoms with van der Waals surface area (Å²) in [7, 11) is 1.90. The highest BCUT2D eigenvalue weighted by molar-refractivity contribution is 5.82. The summed E-state index contributed by atoms with van der Waals surface area (Å²) in [5.41, 5.74) is 0. The molecule has 4 heteroatoms. The van der Waals surface area contributed by atoms with Gasteiger partial charge in [0.25, 0.3) is 0 Å². The Hall–Kier alpha value is -0.610. The summed E-state index contributed by atoms with van der Waals surface area (Å²) >= 11 is 0. The number of hydrogen-bond donors (Lipinski definition) is 1. The summed E-state index contributed by atoms with van der Waals surface area (Å²) in [5, 5.41) is 3.14. The number of ether oxygens (including phenoxy) is 1. The summed E-state index contributed by atoms with van der Waals surface area (Å²) in [6.45, 7) is 3.53. The van der Waals surface area contributed by atoms with Crippen molar-refractivity contribution in [2.45, 2.75) is 25.3 Å². The van der Waals surface area contributed by atoms with Crippen LogP contribution >= 0.6 is 0 Å². The van der Waals surface area contributed by atoms with Gasteiger partial charge in [-0.3, -0.25) is 4.79 Å². The first-order valence-corrected chi connectivity index (χ1v) is 5.83. The van der Waals surface area contributed by atoms with Crippen LogP contribution in [0.5, 0.6) is 0 Å². The number of likely N-dealkylation sites (N-methyl/N-ethyl adjacent to an activating group) is 1. The third kappa shape index (κ3) is 2.69. The number of rotatable bonds is 3. The topological polar surface area (TPSA) is 41.6 Å². The quantitative estimate of drug-likeness (QED) is 0.728. The van der Waals surface area contributed by atoms with Crippen molar-refractivity contribution in [3.05, 3.63) is 0 Å². The second-order valence-electron chi connectivity index (χ2n) is 4.60. The van der Waals surface area contributed by atoms with Crippen molar-refractivity contribution >= 4 is 5.91 Å². The van der Waals surface area contributed by atoms with Gasteiger partial charge in [-0.2, -0.15) is 0 Å². The first kappa shape index (κ1) is 10.9. The molecule has 2 aliphatic rings. The van der Waals surface area contributed by atoms with E-state index < -0.39 is 0 Å². The van der Waals surface area contributed by atoms with Crippen LogP contribution in [0.4, 0.5) is 0 Å². The molecule has 0 aromatic rings. The summed E-state index contributed by atoms with van der Waals surface area (Å²) in [5.74, 6) is 0.777. The molecule has 0 aromatic carbocycles. The van der Waals surface area contributed by atoms with E-state index in [0.717, 1.165) is 39.1 Å². The van der Waals surface area contributed by atoms with Gasteiger partial charge in [0.2, 0.25) is 5.91 Å². The molecular weight excluding hydrogens is 192 g/mol. The molecule has 0 saturated carbocycles. The molecule has 0 radical (unpaired) electrons.